The van der Waals surface area contributed by atoms with E-state index in [1.54, 1.807) is 0 Å². The van der Waals surface area contributed by atoms with Gasteiger partial charge in [-0.05, 0) is 49.3 Å². The van der Waals surface area contributed by atoms with Gasteiger partial charge in [-0.15, -0.1) is 0 Å². The summed E-state index contributed by atoms with van der Waals surface area (Å²) in [5, 5.41) is 3.00. The lowest BCUT2D eigenvalue weighted by atomic mass is 9.90. The molecule has 19 heavy (non-hydrogen) atoms. The lowest BCUT2D eigenvalue weighted by Gasteiger charge is -2.21. The van der Waals surface area contributed by atoms with Gasteiger partial charge in [0.1, 0.15) is 0 Å². The topological polar surface area (TPSA) is 55.1 Å². The normalized spacial score (nSPS) is 15.4. The Kier molecular flexibility index (Phi) is 4.53. The van der Waals surface area contributed by atoms with Crippen molar-refractivity contribution in [1.29, 1.82) is 0 Å². The fourth-order valence-corrected chi connectivity index (χ4v) is 2.91. The molecule has 0 heterocycles. The van der Waals surface area contributed by atoms with Crippen molar-refractivity contribution in [3.05, 3.63) is 29.3 Å². The first-order valence-corrected chi connectivity index (χ1v) is 7.25. The van der Waals surface area contributed by atoms with Crippen LogP contribution in [0.4, 0.5) is 5.69 Å². The van der Waals surface area contributed by atoms with Crippen molar-refractivity contribution in [3.63, 3.8) is 0 Å². The summed E-state index contributed by atoms with van der Waals surface area (Å²) in [5.41, 5.74) is 9.17. The zero-order valence-electron chi connectivity index (χ0n) is 11.2. The molecule has 2 rings (SSSR count). The minimum absolute atomic E-state index is 0.0889. The number of fused-ring (bicyclic) bond motifs is 1. The molecule has 1 aromatic rings. The van der Waals surface area contributed by atoms with E-state index in [9.17, 15) is 4.79 Å². The monoisotopic (exact) mass is 276 g/mol. The summed E-state index contributed by atoms with van der Waals surface area (Å²) in [5.74, 6) is -0.469. The minimum Gasteiger partial charge on any atom is -0.393 e. The molecule has 102 valence electrons. The molecule has 0 bridgehead atoms. The molecule has 1 aliphatic carbocycles. The maximum atomic E-state index is 12.2. The third-order valence-corrected chi connectivity index (χ3v) is 4.01. The molecule has 0 radical (unpaired) electrons. The standard InChI is InChI=1S/C15H20N2OS/c1-2-11(14(16)19)15(18)17-13-9-5-7-10-6-3-4-8-12(10)13/h5,7,9,11H,2-4,6,8H2,1H3,(H2,16,19)(H,17,18). The first-order chi connectivity index (χ1) is 9.13. The Balaban J connectivity index is 2.19. The lowest BCUT2D eigenvalue weighted by molar-refractivity contribution is -0.118. The molecule has 1 atom stereocenters. The molecule has 0 saturated carbocycles. The first kappa shape index (κ1) is 14.0. The molecular formula is C15H20N2OS. The van der Waals surface area contributed by atoms with Crippen molar-refractivity contribution in [2.24, 2.45) is 11.7 Å². The summed E-state index contributed by atoms with van der Waals surface area (Å²) in [6.07, 6.45) is 5.19. The second-order valence-electron chi connectivity index (χ2n) is 5.00. The number of amides is 1. The van der Waals surface area contributed by atoms with E-state index in [0.717, 1.165) is 18.5 Å². The van der Waals surface area contributed by atoms with E-state index in [-0.39, 0.29) is 16.8 Å². The molecule has 0 aliphatic heterocycles. The maximum absolute atomic E-state index is 12.2. The predicted molar refractivity (Wildman–Crippen MR) is 82.3 cm³/mol. The Morgan fingerprint density at radius 1 is 1.42 bits per heavy atom. The number of aryl methyl sites for hydroxylation is 1. The summed E-state index contributed by atoms with van der Waals surface area (Å²) in [7, 11) is 0. The summed E-state index contributed by atoms with van der Waals surface area (Å²) in [4.78, 5) is 12.5. The van der Waals surface area contributed by atoms with Crippen molar-refractivity contribution in [1.82, 2.24) is 0 Å². The number of thiocarbonyl (C=S) groups is 1. The Morgan fingerprint density at radius 2 is 2.16 bits per heavy atom. The van der Waals surface area contributed by atoms with Gasteiger partial charge >= 0.3 is 0 Å². The van der Waals surface area contributed by atoms with Gasteiger partial charge in [-0.2, -0.15) is 0 Å². The lowest BCUT2D eigenvalue weighted by Crippen LogP contribution is -2.33. The van der Waals surface area contributed by atoms with Crippen LogP contribution in [0.5, 0.6) is 0 Å². The van der Waals surface area contributed by atoms with Crippen LogP contribution in [-0.2, 0) is 17.6 Å². The maximum Gasteiger partial charge on any atom is 0.234 e. The molecule has 0 fully saturated rings. The number of carbonyl (C=O) groups excluding carboxylic acids is 1. The largest absolute Gasteiger partial charge is 0.393 e. The molecule has 1 aromatic carbocycles. The van der Waals surface area contributed by atoms with Gasteiger partial charge in [0.2, 0.25) is 5.91 Å². The Labute approximate surface area is 119 Å². The van der Waals surface area contributed by atoms with Gasteiger partial charge in [0.05, 0.1) is 10.9 Å². The van der Waals surface area contributed by atoms with Gasteiger partial charge in [0.15, 0.2) is 0 Å². The molecule has 3 nitrogen and oxygen atoms in total. The fourth-order valence-electron chi connectivity index (χ4n) is 2.63. The van der Waals surface area contributed by atoms with Crippen molar-refractivity contribution >= 4 is 28.8 Å². The highest BCUT2D eigenvalue weighted by Gasteiger charge is 2.21. The van der Waals surface area contributed by atoms with Gasteiger partial charge in [-0.1, -0.05) is 31.3 Å². The minimum atomic E-state index is -0.380. The number of benzene rings is 1. The van der Waals surface area contributed by atoms with Crippen molar-refractivity contribution in [2.75, 3.05) is 5.32 Å². The Hall–Kier alpha value is -1.42. The van der Waals surface area contributed by atoms with Gasteiger partial charge in [0.25, 0.3) is 0 Å². The zero-order chi connectivity index (χ0) is 13.8. The number of anilines is 1. The van der Waals surface area contributed by atoms with Crippen LogP contribution in [0.3, 0.4) is 0 Å². The highest BCUT2D eigenvalue weighted by atomic mass is 32.1. The summed E-state index contributed by atoms with van der Waals surface area (Å²) in [6.45, 7) is 1.92. The van der Waals surface area contributed by atoms with Gasteiger partial charge in [-0.25, -0.2) is 0 Å². The van der Waals surface area contributed by atoms with Crippen molar-refractivity contribution in [3.8, 4) is 0 Å². The molecule has 0 aromatic heterocycles. The van der Waals surface area contributed by atoms with Crippen molar-refractivity contribution < 1.29 is 4.79 Å². The molecule has 0 saturated heterocycles. The average molecular weight is 276 g/mol. The van der Waals surface area contributed by atoms with Crippen LogP contribution in [0.25, 0.3) is 0 Å². The van der Waals surface area contributed by atoms with Crippen LogP contribution in [0.15, 0.2) is 18.2 Å². The SMILES string of the molecule is CCC(C(=O)Nc1cccc2c1CCCC2)C(N)=S. The van der Waals surface area contributed by atoms with E-state index in [4.69, 9.17) is 18.0 Å². The smallest absolute Gasteiger partial charge is 0.234 e. The Bertz CT molecular complexity index is 499. The summed E-state index contributed by atoms with van der Waals surface area (Å²) >= 11 is 4.95. The van der Waals surface area contributed by atoms with E-state index in [1.807, 2.05) is 19.1 Å². The predicted octanol–water partition coefficient (Wildman–Crippen LogP) is 2.82. The molecule has 4 heteroatoms. The number of hydrogen-bond acceptors (Lipinski definition) is 2. The third kappa shape index (κ3) is 3.13. The second kappa shape index (κ2) is 6.15. The Morgan fingerprint density at radius 3 is 2.84 bits per heavy atom. The highest BCUT2D eigenvalue weighted by Crippen LogP contribution is 2.28. The average Bonchev–Trinajstić information content (AvgIpc) is 2.39. The van der Waals surface area contributed by atoms with E-state index in [0.29, 0.717) is 6.42 Å². The van der Waals surface area contributed by atoms with Crippen LogP contribution >= 0.6 is 12.2 Å². The highest BCUT2D eigenvalue weighted by molar-refractivity contribution is 7.80. The summed E-state index contributed by atoms with van der Waals surface area (Å²) < 4.78 is 0. The molecule has 1 aliphatic rings. The number of nitrogens with two attached hydrogens (primary N) is 1. The summed E-state index contributed by atoms with van der Waals surface area (Å²) in [6, 6.07) is 6.12. The number of rotatable bonds is 4. The molecule has 0 spiro atoms. The van der Waals surface area contributed by atoms with Crippen LogP contribution < -0.4 is 11.1 Å². The van der Waals surface area contributed by atoms with Crippen LogP contribution in [0, 0.1) is 5.92 Å². The van der Waals surface area contributed by atoms with Crippen molar-refractivity contribution in [2.45, 2.75) is 39.0 Å². The molecule has 1 unspecified atom stereocenters. The number of hydrogen-bond donors (Lipinski definition) is 2. The first-order valence-electron chi connectivity index (χ1n) is 6.84. The van der Waals surface area contributed by atoms with Gasteiger partial charge in [-0.3, -0.25) is 4.79 Å². The van der Waals surface area contributed by atoms with E-state index >= 15 is 0 Å². The third-order valence-electron chi connectivity index (χ3n) is 3.72. The molecular weight excluding hydrogens is 256 g/mol. The van der Waals surface area contributed by atoms with Crippen LogP contribution in [-0.4, -0.2) is 10.9 Å². The van der Waals surface area contributed by atoms with E-state index in [1.165, 1.54) is 24.0 Å². The van der Waals surface area contributed by atoms with Gasteiger partial charge in [0, 0.05) is 5.69 Å². The number of carbonyl (C=O) groups is 1. The zero-order valence-corrected chi connectivity index (χ0v) is 12.1. The molecule has 3 N–H and O–H groups in total. The van der Waals surface area contributed by atoms with Crippen LogP contribution in [0.1, 0.15) is 37.3 Å². The second-order valence-corrected chi connectivity index (χ2v) is 5.47. The quantitative estimate of drug-likeness (QED) is 0.831. The van der Waals surface area contributed by atoms with Gasteiger partial charge < -0.3 is 11.1 Å². The van der Waals surface area contributed by atoms with E-state index in [2.05, 4.69) is 11.4 Å². The molecule has 1 amide bonds. The van der Waals surface area contributed by atoms with E-state index < -0.39 is 0 Å². The van der Waals surface area contributed by atoms with Crippen LogP contribution in [0.2, 0.25) is 0 Å². The number of nitrogens with one attached hydrogen (secondary N) is 1. The fraction of sp³-hybridized carbons (Fsp3) is 0.467.